The van der Waals surface area contributed by atoms with Crippen molar-refractivity contribution in [1.82, 2.24) is 14.8 Å². The predicted octanol–water partition coefficient (Wildman–Crippen LogP) is 1.72. The second kappa shape index (κ2) is 4.77. The molecule has 7 heteroatoms. The van der Waals surface area contributed by atoms with Crippen LogP contribution in [0.5, 0.6) is 0 Å². The molecule has 1 amide bonds. The summed E-state index contributed by atoms with van der Waals surface area (Å²) in [6, 6.07) is 1.68. The van der Waals surface area contributed by atoms with Crippen LogP contribution in [0.3, 0.4) is 0 Å². The highest BCUT2D eigenvalue weighted by atomic mass is 79.9. The number of halogens is 1. The maximum absolute atomic E-state index is 12.0. The van der Waals surface area contributed by atoms with Crippen molar-refractivity contribution >= 4 is 33.3 Å². The van der Waals surface area contributed by atoms with Gasteiger partial charge >= 0.3 is 0 Å². The molecule has 2 rings (SSSR count). The lowest BCUT2D eigenvalue weighted by Gasteiger charge is -2.06. The van der Waals surface area contributed by atoms with E-state index in [4.69, 9.17) is 5.73 Å². The first-order valence-corrected chi connectivity index (χ1v) is 5.99. The van der Waals surface area contributed by atoms with E-state index in [1.165, 1.54) is 6.20 Å². The van der Waals surface area contributed by atoms with Gasteiger partial charge in [-0.15, -0.1) is 0 Å². The molecule has 2 aromatic rings. The van der Waals surface area contributed by atoms with Crippen molar-refractivity contribution in [3.8, 4) is 0 Å². The molecule has 0 bridgehead atoms. The fraction of sp³-hybridized carbons (Fsp3) is 0.182. The molecule has 0 fully saturated rings. The molecule has 94 valence electrons. The molecule has 0 aliphatic carbocycles. The summed E-state index contributed by atoms with van der Waals surface area (Å²) in [5, 5.41) is 6.82. The van der Waals surface area contributed by atoms with E-state index < -0.39 is 0 Å². The van der Waals surface area contributed by atoms with Gasteiger partial charge in [0.15, 0.2) is 0 Å². The molecule has 18 heavy (non-hydrogen) atoms. The number of nitrogens with one attached hydrogen (secondary N) is 1. The monoisotopic (exact) mass is 309 g/mol. The number of amides is 1. The maximum atomic E-state index is 12.0. The summed E-state index contributed by atoms with van der Waals surface area (Å²) in [4.78, 5) is 16.1. The molecular weight excluding hydrogens is 298 g/mol. The van der Waals surface area contributed by atoms with Gasteiger partial charge in [-0.2, -0.15) is 5.10 Å². The Bertz CT molecular complexity index is 607. The molecular formula is C11H12BrN5O. The number of nitrogen functional groups attached to an aromatic ring is 1. The molecule has 6 nitrogen and oxygen atoms in total. The van der Waals surface area contributed by atoms with Gasteiger partial charge in [0.25, 0.3) is 5.91 Å². The third kappa shape index (κ3) is 2.51. The smallest absolute Gasteiger partial charge is 0.260 e. The van der Waals surface area contributed by atoms with Crippen LogP contribution in [-0.4, -0.2) is 20.7 Å². The lowest BCUT2D eigenvalue weighted by atomic mass is 10.2. The van der Waals surface area contributed by atoms with Crippen LogP contribution in [0.1, 0.15) is 16.1 Å². The zero-order chi connectivity index (χ0) is 13.3. The van der Waals surface area contributed by atoms with E-state index in [0.29, 0.717) is 27.2 Å². The number of nitrogens with zero attached hydrogens (tertiary/aromatic N) is 3. The molecule has 3 N–H and O–H groups in total. The molecule has 2 heterocycles. The highest BCUT2D eigenvalue weighted by molar-refractivity contribution is 9.10. The number of pyridine rings is 1. The Kier molecular flexibility index (Phi) is 3.33. The molecule has 0 aliphatic rings. The molecule has 0 aromatic carbocycles. The Morgan fingerprint density at radius 3 is 2.83 bits per heavy atom. The van der Waals surface area contributed by atoms with Gasteiger partial charge in [-0.3, -0.25) is 9.48 Å². The van der Waals surface area contributed by atoms with Crippen molar-refractivity contribution in [1.29, 1.82) is 0 Å². The largest absolute Gasteiger partial charge is 0.397 e. The van der Waals surface area contributed by atoms with Crippen molar-refractivity contribution in [3.05, 3.63) is 34.2 Å². The Balaban J connectivity index is 2.24. The first-order valence-electron chi connectivity index (χ1n) is 5.20. The van der Waals surface area contributed by atoms with E-state index >= 15 is 0 Å². The number of carbonyl (C=O) groups is 1. The topological polar surface area (TPSA) is 85.8 Å². The van der Waals surface area contributed by atoms with Crippen molar-refractivity contribution in [3.63, 3.8) is 0 Å². The van der Waals surface area contributed by atoms with E-state index in [-0.39, 0.29) is 5.91 Å². The minimum atomic E-state index is -0.251. The summed E-state index contributed by atoms with van der Waals surface area (Å²) in [6.07, 6.45) is 3.15. The molecule has 0 atom stereocenters. The van der Waals surface area contributed by atoms with Gasteiger partial charge in [0.1, 0.15) is 5.82 Å². The number of nitrogens with two attached hydrogens (primary N) is 1. The minimum absolute atomic E-state index is 0.251. The zero-order valence-electron chi connectivity index (χ0n) is 9.94. The first-order chi connectivity index (χ1) is 8.47. The second-order valence-electron chi connectivity index (χ2n) is 3.86. The van der Waals surface area contributed by atoms with Gasteiger partial charge in [-0.1, -0.05) is 0 Å². The van der Waals surface area contributed by atoms with E-state index in [2.05, 4.69) is 31.3 Å². The van der Waals surface area contributed by atoms with E-state index in [1.54, 1.807) is 30.9 Å². The van der Waals surface area contributed by atoms with Crippen molar-refractivity contribution in [2.45, 2.75) is 6.92 Å². The predicted molar refractivity (Wildman–Crippen MR) is 72.2 cm³/mol. The Hall–Kier alpha value is -1.89. The Morgan fingerprint density at radius 1 is 1.56 bits per heavy atom. The number of rotatable bonds is 2. The van der Waals surface area contributed by atoms with Crippen molar-refractivity contribution in [2.24, 2.45) is 7.05 Å². The fourth-order valence-corrected chi connectivity index (χ4v) is 2.01. The summed E-state index contributed by atoms with van der Waals surface area (Å²) in [5.74, 6) is 0.177. The lowest BCUT2D eigenvalue weighted by Crippen LogP contribution is -2.14. The summed E-state index contributed by atoms with van der Waals surface area (Å²) in [6.45, 7) is 1.78. The minimum Gasteiger partial charge on any atom is -0.397 e. The van der Waals surface area contributed by atoms with E-state index in [0.717, 1.165) is 0 Å². The number of carbonyl (C=O) groups excluding carboxylic acids is 1. The highest BCUT2D eigenvalue weighted by Gasteiger charge is 2.14. The van der Waals surface area contributed by atoms with E-state index in [9.17, 15) is 4.79 Å². The normalized spacial score (nSPS) is 10.4. The molecule has 0 unspecified atom stereocenters. The van der Waals surface area contributed by atoms with Gasteiger partial charge in [0.2, 0.25) is 0 Å². The molecule has 0 saturated heterocycles. The number of anilines is 2. The fourth-order valence-electron chi connectivity index (χ4n) is 1.54. The Morgan fingerprint density at radius 2 is 2.28 bits per heavy atom. The van der Waals surface area contributed by atoms with Crippen LogP contribution in [0, 0.1) is 6.92 Å². The standard InChI is InChI=1S/C11H12BrN5O/c1-6-8(5-17(2)16-6)11(18)15-10-9(12)3-7(13)4-14-10/h3-5H,13H2,1-2H3,(H,14,15,18). The summed E-state index contributed by atoms with van der Waals surface area (Å²) >= 11 is 3.29. The summed E-state index contributed by atoms with van der Waals surface area (Å²) in [5.41, 5.74) is 7.29. The van der Waals surface area contributed by atoms with Gasteiger partial charge in [-0.05, 0) is 28.9 Å². The molecule has 0 spiro atoms. The molecule has 0 aliphatic heterocycles. The highest BCUT2D eigenvalue weighted by Crippen LogP contribution is 2.22. The third-order valence-electron chi connectivity index (χ3n) is 2.35. The van der Waals surface area contributed by atoms with Crippen LogP contribution in [0.4, 0.5) is 11.5 Å². The number of hydrogen-bond donors (Lipinski definition) is 2. The van der Waals surface area contributed by atoms with Crippen LogP contribution in [-0.2, 0) is 7.05 Å². The number of hydrogen-bond acceptors (Lipinski definition) is 4. The lowest BCUT2D eigenvalue weighted by molar-refractivity contribution is 0.102. The summed E-state index contributed by atoms with van der Waals surface area (Å²) < 4.78 is 2.23. The first kappa shape index (κ1) is 12.6. The van der Waals surface area contributed by atoms with Crippen molar-refractivity contribution in [2.75, 3.05) is 11.1 Å². The van der Waals surface area contributed by atoms with Crippen LogP contribution in [0.2, 0.25) is 0 Å². The quantitative estimate of drug-likeness (QED) is 0.884. The van der Waals surface area contributed by atoms with Gasteiger partial charge in [-0.25, -0.2) is 4.98 Å². The van der Waals surface area contributed by atoms with Crippen LogP contribution >= 0.6 is 15.9 Å². The van der Waals surface area contributed by atoms with Crippen LogP contribution < -0.4 is 11.1 Å². The average molecular weight is 310 g/mol. The van der Waals surface area contributed by atoms with Gasteiger partial charge in [0, 0.05) is 13.2 Å². The molecule has 0 saturated carbocycles. The molecule has 0 radical (unpaired) electrons. The van der Waals surface area contributed by atoms with Crippen LogP contribution in [0.25, 0.3) is 0 Å². The Labute approximate surface area is 112 Å². The third-order valence-corrected chi connectivity index (χ3v) is 2.96. The average Bonchev–Trinajstić information content (AvgIpc) is 2.62. The SMILES string of the molecule is Cc1nn(C)cc1C(=O)Nc1ncc(N)cc1Br. The second-order valence-corrected chi connectivity index (χ2v) is 4.71. The number of aromatic nitrogens is 3. The van der Waals surface area contributed by atoms with Crippen LogP contribution in [0.15, 0.2) is 22.9 Å². The number of aryl methyl sites for hydroxylation is 2. The van der Waals surface area contributed by atoms with Gasteiger partial charge < -0.3 is 11.1 Å². The van der Waals surface area contributed by atoms with Gasteiger partial charge in [0.05, 0.1) is 27.6 Å². The van der Waals surface area contributed by atoms with Crippen molar-refractivity contribution < 1.29 is 4.79 Å². The zero-order valence-corrected chi connectivity index (χ0v) is 11.5. The summed E-state index contributed by atoms with van der Waals surface area (Å²) in [7, 11) is 1.77. The molecule has 2 aromatic heterocycles. The van der Waals surface area contributed by atoms with E-state index in [1.807, 2.05) is 0 Å². The maximum Gasteiger partial charge on any atom is 0.260 e.